The summed E-state index contributed by atoms with van der Waals surface area (Å²) in [5.41, 5.74) is 7.07. The summed E-state index contributed by atoms with van der Waals surface area (Å²) in [4.78, 5) is 13.7. The molecule has 160 valence electrons. The van der Waals surface area contributed by atoms with E-state index in [2.05, 4.69) is 56.5 Å². The molecule has 3 atom stereocenters. The number of ether oxygens (including phenoxy) is 1. The molecule has 1 aromatic rings. The molecule has 10 heteroatoms. The van der Waals surface area contributed by atoms with Crippen molar-refractivity contribution in [1.82, 2.24) is 15.0 Å². The lowest BCUT2D eigenvalue weighted by atomic mass is 10.2. The van der Waals surface area contributed by atoms with Crippen molar-refractivity contribution in [2.45, 2.75) is 83.0 Å². The predicted octanol–water partition coefficient (Wildman–Crippen LogP) is 3.21. The van der Waals surface area contributed by atoms with E-state index < -0.39 is 26.8 Å². The standard InChI is InChI=1S/C18H34ClN5O3Si/c1-10(2)28(11(3)4,12(5)6)26-9-14-13(25)8-15(27-14)24(7)18-22-16(19)21-17(20)23-18/h10-15,25H,8-9H2,1-7H3,(H2,20,21,22,23)/t13-,14+,15+/m0/s1. The number of aliphatic hydroxyl groups is 1. The van der Waals surface area contributed by atoms with Gasteiger partial charge in [0.05, 0.1) is 12.7 Å². The van der Waals surface area contributed by atoms with Crippen LogP contribution in [-0.2, 0) is 9.16 Å². The summed E-state index contributed by atoms with van der Waals surface area (Å²) in [7, 11) is -0.246. The molecular weight excluding hydrogens is 398 g/mol. The molecular formula is C18H34ClN5O3Si. The Morgan fingerprint density at radius 1 is 1.18 bits per heavy atom. The second-order valence-corrected chi connectivity index (χ2v) is 14.2. The van der Waals surface area contributed by atoms with Crippen molar-refractivity contribution in [2.24, 2.45) is 0 Å². The van der Waals surface area contributed by atoms with Gasteiger partial charge < -0.3 is 24.9 Å². The molecule has 0 unspecified atom stereocenters. The molecule has 0 spiro atoms. The fourth-order valence-corrected chi connectivity index (χ4v) is 10.1. The van der Waals surface area contributed by atoms with Crippen molar-refractivity contribution in [3.63, 3.8) is 0 Å². The number of nitrogens with two attached hydrogens (primary N) is 1. The Morgan fingerprint density at radius 3 is 2.25 bits per heavy atom. The highest BCUT2D eigenvalue weighted by Crippen LogP contribution is 2.42. The van der Waals surface area contributed by atoms with E-state index in [1.807, 2.05) is 0 Å². The quantitative estimate of drug-likeness (QED) is 0.604. The van der Waals surface area contributed by atoms with Crippen LogP contribution >= 0.6 is 11.6 Å². The molecule has 2 heterocycles. The van der Waals surface area contributed by atoms with Gasteiger partial charge in [0.2, 0.25) is 17.2 Å². The Labute approximate surface area is 173 Å². The third-order valence-corrected chi connectivity index (χ3v) is 12.0. The molecule has 0 aromatic carbocycles. The molecule has 1 aliphatic rings. The second kappa shape index (κ2) is 9.21. The van der Waals surface area contributed by atoms with Crippen LogP contribution in [0.2, 0.25) is 21.9 Å². The zero-order valence-corrected chi connectivity index (χ0v) is 19.6. The molecule has 0 bridgehead atoms. The Bertz CT molecular complexity index is 622. The lowest BCUT2D eigenvalue weighted by Gasteiger charge is -2.42. The van der Waals surface area contributed by atoms with Crippen LogP contribution in [0, 0.1) is 0 Å². The predicted molar refractivity (Wildman–Crippen MR) is 114 cm³/mol. The first-order valence-electron chi connectivity index (χ1n) is 9.86. The van der Waals surface area contributed by atoms with Crippen molar-refractivity contribution < 1.29 is 14.3 Å². The molecule has 1 aromatic heterocycles. The molecule has 8 nitrogen and oxygen atoms in total. The van der Waals surface area contributed by atoms with E-state index in [9.17, 15) is 5.11 Å². The molecule has 0 aliphatic carbocycles. The largest absolute Gasteiger partial charge is 0.413 e. The summed E-state index contributed by atoms with van der Waals surface area (Å²) in [6.45, 7) is 13.8. The minimum atomic E-state index is -2.02. The molecule has 28 heavy (non-hydrogen) atoms. The Balaban J connectivity index is 2.08. The lowest BCUT2D eigenvalue weighted by molar-refractivity contribution is -0.0192. The Kier molecular flexibility index (Phi) is 7.66. The summed E-state index contributed by atoms with van der Waals surface area (Å²) in [6.07, 6.45) is -0.993. The van der Waals surface area contributed by atoms with Crippen LogP contribution < -0.4 is 10.6 Å². The van der Waals surface area contributed by atoms with Crippen molar-refractivity contribution in [3.8, 4) is 0 Å². The van der Waals surface area contributed by atoms with Gasteiger partial charge in [-0.3, -0.25) is 0 Å². The van der Waals surface area contributed by atoms with Gasteiger partial charge in [0.15, 0.2) is 8.32 Å². The van der Waals surface area contributed by atoms with E-state index in [0.717, 1.165) is 0 Å². The summed E-state index contributed by atoms with van der Waals surface area (Å²) < 4.78 is 12.7. The highest BCUT2D eigenvalue weighted by atomic mass is 35.5. The van der Waals surface area contributed by atoms with Gasteiger partial charge in [-0.1, -0.05) is 41.5 Å². The van der Waals surface area contributed by atoms with Gasteiger partial charge in [-0.2, -0.15) is 15.0 Å². The molecule has 1 fully saturated rings. The number of halogens is 1. The number of hydrogen-bond donors (Lipinski definition) is 2. The van der Waals surface area contributed by atoms with Gasteiger partial charge in [-0.25, -0.2) is 0 Å². The number of anilines is 2. The molecule has 1 aliphatic heterocycles. The van der Waals surface area contributed by atoms with Crippen LogP contribution in [0.15, 0.2) is 0 Å². The Morgan fingerprint density at radius 2 is 1.75 bits per heavy atom. The maximum absolute atomic E-state index is 10.6. The number of rotatable bonds is 8. The summed E-state index contributed by atoms with van der Waals surface area (Å²) in [5, 5.41) is 10.6. The average Bonchev–Trinajstić information content (AvgIpc) is 2.93. The second-order valence-electron chi connectivity index (χ2n) is 8.43. The molecule has 0 saturated carbocycles. The molecule has 1 saturated heterocycles. The average molecular weight is 432 g/mol. The zero-order chi connectivity index (χ0) is 21.2. The molecule has 0 amide bonds. The highest BCUT2D eigenvalue weighted by Gasteiger charge is 2.47. The van der Waals surface area contributed by atoms with Crippen LogP contribution in [0.5, 0.6) is 0 Å². The van der Waals surface area contributed by atoms with E-state index in [0.29, 0.717) is 35.6 Å². The van der Waals surface area contributed by atoms with Gasteiger partial charge in [-0.05, 0) is 28.2 Å². The normalized spacial score (nSPS) is 23.2. The van der Waals surface area contributed by atoms with Gasteiger partial charge in [0, 0.05) is 13.5 Å². The van der Waals surface area contributed by atoms with E-state index in [1.165, 1.54) is 0 Å². The lowest BCUT2D eigenvalue weighted by Crippen LogP contribution is -2.49. The highest BCUT2D eigenvalue weighted by molar-refractivity contribution is 6.77. The number of nitrogens with zero attached hydrogens (tertiary/aromatic N) is 4. The molecule has 2 rings (SSSR count). The first-order valence-corrected chi connectivity index (χ1v) is 12.4. The number of aromatic nitrogens is 3. The molecule has 3 N–H and O–H groups in total. The van der Waals surface area contributed by atoms with E-state index >= 15 is 0 Å². The number of hydrogen-bond acceptors (Lipinski definition) is 8. The fraction of sp³-hybridized carbons (Fsp3) is 0.833. The summed E-state index contributed by atoms with van der Waals surface area (Å²) in [6, 6.07) is 0. The van der Waals surface area contributed by atoms with E-state index in [1.54, 1.807) is 11.9 Å². The minimum Gasteiger partial charge on any atom is -0.413 e. The summed E-state index contributed by atoms with van der Waals surface area (Å²) in [5.74, 6) is 0.355. The first kappa shape index (κ1) is 23.3. The third-order valence-electron chi connectivity index (χ3n) is 5.77. The van der Waals surface area contributed by atoms with Crippen molar-refractivity contribution in [3.05, 3.63) is 5.28 Å². The van der Waals surface area contributed by atoms with E-state index in [-0.39, 0.29) is 11.2 Å². The van der Waals surface area contributed by atoms with Crippen molar-refractivity contribution in [1.29, 1.82) is 0 Å². The maximum atomic E-state index is 10.6. The van der Waals surface area contributed by atoms with Gasteiger partial charge >= 0.3 is 0 Å². The number of aliphatic hydroxyl groups excluding tert-OH is 1. The molecule has 0 radical (unpaired) electrons. The smallest absolute Gasteiger partial charge is 0.233 e. The van der Waals surface area contributed by atoms with Crippen LogP contribution in [0.25, 0.3) is 0 Å². The monoisotopic (exact) mass is 431 g/mol. The Hall–Kier alpha value is -1.00. The van der Waals surface area contributed by atoms with Crippen molar-refractivity contribution in [2.75, 3.05) is 24.3 Å². The minimum absolute atomic E-state index is 0.0226. The van der Waals surface area contributed by atoms with Crippen LogP contribution in [0.3, 0.4) is 0 Å². The summed E-state index contributed by atoms with van der Waals surface area (Å²) >= 11 is 5.87. The van der Waals surface area contributed by atoms with Gasteiger partial charge in [0.25, 0.3) is 0 Å². The van der Waals surface area contributed by atoms with Gasteiger partial charge in [-0.15, -0.1) is 0 Å². The first-order chi connectivity index (χ1) is 13.0. The number of nitrogen functional groups attached to an aromatic ring is 1. The fourth-order valence-electron chi connectivity index (χ4n) is 4.47. The zero-order valence-electron chi connectivity index (χ0n) is 17.9. The van der Waals surface area contributed by atoms with Crippen LogP contribution in [0.4, 0.5) is 11.9 Å². The van der Waals surface area contributed by atoms with E-state index in [4.69, 9.17) is 26.5 Å². The maximum Gasteiger partial charge on any atom is 0.233 e. The third kappa shape index (κ3) is 4.76. The topological polar surface area (TPSA) is 107 Å². The van der Waals surface area contributed by atoms with Gasteiger partial charge in [0.1, 0.15) is 12.3 Å². The van der Waals surface area contributed by atoms with Crippen LogP contribution in [0.1, 0.15) is 48.0 Å². The SMILES string of the molecule is CC(C)[Si](OC[C@H]1O[C@@H](N(C)c2nc(N)nc(Cl)n2)C[C@@H]1O)(C(C)C)C(C)C. The van der Waals surface area contributed by atoms with Crippen LogP contribution in [-0.4, -0.2) is 60.5 Å². The van der Waals surface area contributed by atoms with Crippen molar-refractivity contribution >= 4 is 31.8 Å².